The summed E-state index contributed by atoms with van der Waals surface area (Å²) in [5.74, 6) is 0.700. The number of rotatable bonds is 8. The molecular formula is C29H31N3O6. The Labute approximate surface area is 220 Å². The molecule has 1 atom stereocenters. The van der Waals surface area contributed by atoms with Crippen LogP contribution in [0.5, 0.6) is 11.5 Å². The highest BCUT2D eigenvalue weighted by Crippen LogP contribution is 2.24. The highest BCUT2D eigenvalue weighted by Gasteiger charge is 2.25. The van der Waals surface area contributed by atoms with Crippen LogP contribution in [-0.2, 0) is 27.1 Å². The van der Waals surface area contributed by atoms with Crippen LogP contribution in [0, 0.1) is 5.21 Å². The number of H-pyrrole nitrogens is 1. The molecule has 1 aromatic heterocycles. The lowest BCUT2D eigenvalue weighted by Gasteiger charge is -2.22. The quantitative estimate of drug-likeness (QED) is 0.197. The van der Waals surface area contributed by atoms with Crippen molar-refractivity contribution in [1.82, 2.24) is 10.4 Å². The average Bonchev–Trinajstić information content (AvgIpc) is 3.19. The van der Waals surface area contributed by atoms with Gasteiger partial charge in [-0.25, -0.2) is 9.59 Å². The molecule has 38 heavy (non-hydrogen) atoms. The zero-order chi connectivity index (χ0) is 27.3. The highest BCUT2D eigenvalue weighted by atomic mass is 16.6. The molecule has 0 aliphatic carbocycles. The molecule has 9 heteroatoms. The van der Waals surface area contributed by atoms with Gasteiger partial charge in [-0.2, -0.15) is 5.10 Å². The summed E-state index contributed by atoms with van der Waals surface area (Å²) in [6, 6.07) is 21.5. The molecule has 0 radical (unpaired) electrons. The number of aromatic amines is 1. The Morgan fingerprint density at radius 2 is 1.55 bits per heavy atom. The van der Waals surface area contributed by atoms with Gasteiger partial charge in [0.2, 0.25) is 5.69 Å². The normalized spacial score (nSPS) is 12.1. The van der Waals surface area contributed by atoms with E-state index >= 15 is 0 Å². The number of nitrogens with one attached hydrogen (secondary N) is 2. The summed E-state index contributed by atoms with van der Waals surface area (Å²) in [4.78, 5) is 25.2. The van der Waals surface area contributed by atoms with E-state index in [1.165, 1.54) is 7.11 Å². The molecular weight excluding hydrogens is 486 g/mol. The molecule has 0 bridgehead atoms. The Balaban J connectivity index is 1.37. The van der Waals surface area contributed by atoms with Crippen molar-refractivity contribution >= 4 is 23.0 Å². The number of para-hydroxylation sites is 1. The van der Waals surface area contributed by atoms with Crippen molar-refractivity contribution in [2.24, 2.45) is 0 Å². The van der Waals surface area contributed by atoms with E-state index in [0.717, 1.165) is 26.9 Å². The van der Waals surface area contributed by atoms with Crippen molar-refractivity contribution in [3.8, 4) is 11.5 Å². The number of fused-ring (bicyclic) bond motifs is 1. The molecule has 0 aliphatic rings. The minimum Gasteiger partial charge on any atom is -0.596 e. The summed E-state index contributed by atoms with van der Waals surface area (Å²) >= 11 is 0. The third-order valence-electron chi connectivity index (χ3n) is 5.78. The summed E-state index contributed by atoms with van der Waals surface area (Å²) in [6.45, 7) is 5.24. The van der Waals surface area contributed by atoms with E-state index in [0.29, 0.717) is 23.6 Å². The van der Waals surface area contributed by atoms with Gasteiger partial charge in [0.15, 0.2) is 0 Å². The smallest absolute Gasteiger partial charge is 0.408 e. The Morgan fingerprint density at radius 3 is 2.16 bits per heavy atom. The van der Waals surface area contributed by atoms with Crippen molar-refractivity contribution in [2.75, 3.05) is 7.11 Å². The van der Waals surface area contributed by atoms with Gasteiger partial charge in [0.1, 0.15) is 28.7 Å². The minimum atomic E-state index is -0.890. The first-order chi connectivity index (χ1) is 18.1. The van der Waals surface area contributed by atoms with Crippen molar-refractivity contribution in [3.05, 3.63) is 94.8 Å². The number of hydrogen-bond acceptors (Lipinski definition) is 6. The third kappa shape index (κ3) is 6.82. The Kier molecular flexibility index (Phi) is 7.85. The van der Waals surface area contributed by atoms with Gasteiger partial charge >= 0.3 is 12.1 Å². The second-order valence-corrected chi connectivity index (χ2v) is 9.89. The van der Waals surface area contributed by atoms with E-state index in [4.69, 9.17) is 14.2 Å². The average molecular weight is 518 g/mol. The zero-order valence-electron chi connectivity index (χ0n) is 21.8. The van der Waals surface area contributed by atoms with Crippen molar-refractivity contribution in [2.45, 2.75) is 45.3 Å². The molecule has 9 nitrogen and oxygen atoms in total. The lowest BCUT2D eigenvalue weighted by molar-refractivity contribution is -0.669. The van der Waals surface area contributed by atoms with Crippen molar-refractivity contribution < 1.29 is 28.6 Å². The van der Waals surface area contributed by atoms with Gasteiger partial charge in [-0.3, -0.25) is 0 Å². The number of aromatic nitrogens is 2. The van der Waals surface area contributed by atoms with Crippen LogP contribution < -0.4 is 14.9 Å². The number of benzene rings is 3. The van der Waals surface area contributed by atoms with Crippen LogP contribution in [0.15, 0.2) is 72.8 Å². The van der Waals surface area contributed by atoms with Crippen LogP contribution in [0.2, 0.25) is 0 Å². The van der Waals surface area contributed by atoms with Gasteiger partial charge in [-0.1, -0.05) is 41.2 Å². The molecule has 1 heterocycles. The number of esters is 1. The number of ether oxygens (including phenoxy) is 3. The summed E-state index contributed by atoms with van der Waals surface area (Å²) in [5, 5.41) is 18.6. The SMILES string of the molecule is COC(=O)C(Cc1ccc(Oc2ccc(Cc3c4ccccc4[nH][n+]3[O-])cc2)cc1)NC(=O)OC(C)(C)C. The Bertz CT molecular complexity index is 1410. The minimum absolute atomic E-state index is 0.231. The fraction of sp³-hybridized carbons (Fsp3) is 0.276. The maximum Gasteiger partial charge on any atom is 0.408 e. The molecule has 0 aliphatic heterocycles. The van der Waals surface area contributed by atoms with Crippen LogP contribution in [0.3, 0.4) is 0 Å². The first kappa shape index (κ1) is 26.5. The molecule has 1 unspecified atom stereocenters. The van der Waals surface area contributed by atoms with Crippen LogP contribution in [-0.4, -0.2) is 35.9 Å². The van der Waals surface area contributed by atoms with Gasteiger partial charge < -0.3 is 24.7 Å². The summed E-state index contributed by atoms with van der Waals surface area (Å²) in [5.41, 5.74) is 2.57. The van der Waals surface area contributed by atoms with Crippen LogP contribution in [0.1, 0.15) is 37.6 Å². The second-order valence-electron chi connectivity index (χ2n) is 9.89. The van der Waals surface area contributed by atoms with Gasteiger partial charge in [-0.15, -0.1) is 0 Å². The standard InChI is InChI=1S/C29H31N3O6/c1-29(2,3)38-28(34)30-25(27(33)36-4)17-19-9-13-21(14-10-19)37-22-15-11-20(12-16-22)18-26-23-7-5-6-8-24(23)31-32(26)35/h5-16,25,31H,17-18H2,1-4H3,(H,30,34). The molecule has 2 N–H and O–H groups in total. The van der Waals surface area contributed by atoms with Crippen LogP contribution in [0.25, 0.3) is 10.9 Å². The molecule has 0 saturated heterocycles. The van der Waals surface area contributed by atoms with Gasteiger partial charge in [0.05, 0.1) is 18.9 Å². The van der Waals surface area contributed by atoms with E-state index in [-0.39, 0.29) is 6.42 Å². The van der Waals surface area contributed by atoms with Gasteiger partial charge in [0, 0.05) is 6.42 Å². The fourth-order valence-corrected chi connectivity index (χ4v) is 4.00. The largest absolute Gasteiger partial charge is 0.596 e. The molecule has 0 fully saturated rings. The van der Waals surface area contributed by atoms with Crippen LogP contribution in [0.4, 0.5) is 4.79 Å². The van der Waals surface area contributed by atoms with Crippen molar-refractivity contribution in [3.63, 3.8) is 0 Å². The monoisotopic (exact) mass is 517 g/mol. The lowest BCUT2D eigenvalue weighted by atomic mass is 10.1. The van der Waals surface area contributed by atoms with E-state index in [1.54, 1.807) is 32.9 Å². The van der Waals surface area contributed by atoms with Crippen molar-refractivity contribution in [1.29, 1.82) is 0 Å². The number of amides is 1. The van der Waals surface area contributed by atoms with Gasteiger partial charge in [-0.05, 0) is 68.3 Å². The maximum absolute atomic E-state index is 12.3. The first-order valence-electron chi connectivity index (χ1n) is 12.2. The summed E-state index contributed by atoms with van der Waals surface area (Å²) in [7, 11) is 1.27. The van der Waals surface area contributed by atoms with E-state index < -0.39 is 23.7 Å². The molecule has 4 rings (SSSR count). The Hall–Kier alpha value is -4.53. The van der Waals surface area contributed by atoms with Crippen LogP contribution >= 0.6 is 0 Å². The molecule has 4 aromatic rings. The number of hydrogen-bond donors (Lipinski definition) is 2. The topological polar surface area (TPSA) is 117 Å². The predicted molar refractivity (Wildman–Crippen MR) is 142 cm³/mol. The molecule has 3 aromatic carbocycles. The van der Waals surface area contributed by atoms with E-state index in [2.05, 4.69) is 10.4 Å². The summed E-state index contributed by atoms with van der Waals surface area (Å²) in [6.07, 6.45) is 0.0291. The number of methoxy groups -OCH3 is 1. The number of alkyl carbamates (subject to hydrolysis) is 1. The Morgan fingerprint density at radius 1 is 0.947 bits per heavy atom. The molecule has 0 saturated carbocycles. The van der Waals surface area contributed by atoms with E-state index in [9.17, 15) is 14.8 Å². The molecule has 198 valence electrons. The number of carbonyl (C=O) groups excluding carboxylic acids is 2. The zero-order valence-corrected chi connectivity index (χ0v) is 21.8. The third-order valence-corrected chi connectivity index (χ3v) is 5.78. The highest BCUT2D eigenvalue weighted by molar-refractivity contribution is 5.82. The number of nitrogens with zero attached hydrogens (tertiary/aromatic N) is 1. The number of carbonyl (C=O) groups is 2. The second kappa shape index (κ2) is 11.2. The predicted octanol–water partition coefficient (Wildman–Crippen LogP) is 4.79. The van der Waals surface area contributed by atoms with Gasteiger partial charge in [0.25, 0.3) is 0 Å². The van der Waals surface area contributed by atoms with E-state index in [1.807, 2.05) is 60.7 Å². The molecule has 0 spiro atoms. The fourth-order valence-electron chi connectivity index (χ4n) is 4.00. The first-order valence-corrected chi connectivity index (χ1v) is 12.2. The molecule has 1 amide bonds. The lowest BCUT2D eigenvalue weighted by Crippen LogP contribution is -2.45. The maximum atomic E-state index is 12.3. The summed E-state index contributed by atoms with van der Waals surface area (Å²) < 4.78 is 16.0.